The second-order valence-electron chi connectivity index (χ2n) is 5.51. The van der Waals surface area contributed by atoms with Crippen LogP contribution in [0.25, 0.3) is 21.3 Å². The quantitative estimate of drug-likeness (QED) is 0.543. The number of aromatic nitrogens is 1. The molecule has 0 aliphatic rings. The monoisotopic (exact) mass is 321 g/mol. The van der Waals surface area contributed by atoms with E-state index in [9.17, 15) is 13.2 Å². The fraction of sp³-hybridized carbons (Fsp3) is 0.235. The number of hydrogen-bond donors (Lipinski definition) is 0. The Morgan fingerprint density at radius 3 is 2.50 bits per heavy atom. The van der Waals surface area contributed by atoms with Crippen molar-refractivity contribution in [2.45, 2.75) is 26.7 Å². The first-order valence-electron chi connectivity index (χ1n) is 6.93. The molecule has 0 spiro atoms. The minimum Gasteiger partial charge on any atom is -0.255 e. The molecule has 0 fully saturated rings. The van der Waals surface area contributed by atoms with Gasteiger partial charge in [-0.05, 0) is 30.5 Å². The van der Waals surface area contributed by atoms with Crippen LogP contribution in [-0.2, 0) is 0 Å². The van der Waals surface area contributed by atoms with Gasteiger partial charge in [-0.25, -0.2) is 13.2 Å². The number of benzene rings is 1. The molecule has 5 heteroatoms. The Balaban J connectivity index is 2.36. The molecular weight excluding hydrogens is 307 g/mol. The average Bonchev–Trinajstić information content (AvgIpc) is 2.78. The van der Waals surface area contributed by atoms with Crippen molar-refractivity contribution >= 4 is 21.6 Å². The summed E-state index contributed by atoms with van der Waals surface area (Å²) < 4.78 is 41.9. The van der Waals surface area contributed by atoms with Crippen molar-refractivity contribution in [3.05, 3.63) is 52.3 Å². The minimum atomic E-state index is -1.18. The maximum absolute atomic E-state index is 14.1. The second kappa shape index (κ2) is 5.39. The summed E-state index contributed by atoms with van der Waals surface area (Å²) >= 11 is 1.47. The molecule has 0 bridgehead atoms. The Morgan fingerprint density at radius 1 is 1.09 bits per heavy atom. The lowest BCUT2D eigenvalue weighted by Crippen LogP contribution is -1.94. The summed E-state index contributed by atoms with van der Waals surface area (Å²) in [6, 6.07) is 3.17. The lowest BCUT2D eigenvalue weighted by molar-refractivity contribution is 0.498. The van der Waals surface area contributed by atoms with Crippen molar-refractivity contribution in [1.29, 1.82) is 0 Å². The van der Waals surface area contributed by atoms with Crippen LogP contribution < -0.4 is 0 Å². The number of hydrogen-bond acceptors (Lipinski definition) is 2. The lowest BCUT2D eigenvalue weighted by Gasteiger charge is -2.07. The van der Waals surface area contributed by atoms with Gasteiger partial charge in [-0.15, -0.1) is 11.3 Å². The maximum atomic E-state index is 14.1. The van der Waals surface area contributed by atoms with Gasteiger partial charge < -0.3 is 0 Å². The summed E-state index contributed by atoms with van der Waals surface area (Å²) in [6.45, 7) is 6.10. The summed E-state index contributed by atoms with van der Waals surface area (Å²) in [4.78, 5) is 5.47. The third-order valence-corrected chi connectivity index (χ3v) is 4.80. The molecule has 0 amide bonds. The first-order chi connectivity index (χ1) is 10.4. The SMILES string of the molecule is Cc1sc2c(-c3cc(F)cc(F)c3F)ccnc2c1C(C)C. The van der Waals surface area contributed by atoms with Crippen molar-refractivity contribution < 1.29 is 13.2 Å². The Kier molecular flexibility index (Phi) is 3.68. The van der Waals surface area contributed by atoms with E-state index in [-0.39, 0.29) is 11.5 Å². The predicted molar refractivity (Wildman–Crippen MR) is 83.8 cm³/mol. The largest absolute Gasteiger partial charge is 0.255 e. The molecule has 0 saturated carbocycles. The fourth-order valence-corrected chi connectivity index (χ4v) is 4.06. The highest BCUT2D eigenvalue weighted by molar-refractivity contribution is 7.19. The highest BCUT2D eigenvalue weighted by atomic mass is 32.1. The van der Waals surface area contributed by atoms with Crippen LogP contribution in [0.2, 0.25) is 0 Å². The van der Waals surface area contributed by atoms with E-state index in [1.807, 2.05) is 6.92 Å². The topological polar surface area (TPSA) is 12.9 Å². The number of aryl methyl sites for hydroxylation is 1. The van der Waals surface area contributed by atoms with E-state index in [1.165, 1.54) is 11.3 Å². The summed E-state index contributed by atoms with van der Waals surface area (Å²) in [5, 5.41) is 0. The van der Waals surface area contributed by atoms with E-state index in [0.717, 1.165) is 26.7 Å². The Morgan fingerprint density at radius 2 is 1.82 bits per heavy atom. The fourth-order valence-electron chi connectivity index (χ4n) is 2.76. The summed E-state index contributed by atoms with van der Waals surface area (Å²) in [7, 11) is 0. The van der Waals surface area contributed by atoms with Gasteiger partial charge in [0.05, 0.1) is 10.2 Å². The van der Waals surface area contributed by atoms with Gasteiger partial charge in [0.25, 0.3) is 0 Å². The molecule has 0 aliphatic carbocycles. The Labute approximate surface area is 130 Å². The van der Waals surface area contributed by atoms with Gasteiger partial charge >= 0.3 is 0 Å². The molecule has 22 heavy (non-hydrogen) atoms. The van der Waals surface area contributed by atoms with Crippen molar-refractivity contribution in [3.63, 3.8) is 0 Å². The molecule has 0 saturated heterocycles. The standard InChI is InChI=1S/C17H14F3NS/c1-8(2)14-9(3)22-17-11(4-5-21-16(14)17)12-6-10(18)7-13(19)15(12)20/h4-8H,1-3H3. The van der Waals surface area contributed by atoms with E-state index in [2.05, 4.69) is 18.8 Å². The zero-order valence-corrected chi connectivity index (χ0v) is 13.2. The lowest BCUT2D eigenvalue weighted by atomic mass is 10.00. The first-order valence-corrected chi connectivity index (χ1v) is 7.74. The average molecular weight is 321 g/mol. The van der Waals surface area contributed by atoms with Gasteiger partial charge in [-0.1, -0.05) is 13.8 Å². The normalized spacial score (nSPS) is 11.6. The number of nitrogens with zero attached hydrogens (tertiary/aromatic N) is 1. The van der Waals surface area contributed by atoms with Gasteiger partial charge in [0.1, 0.15) is 5.82 Å². The molecule has 0 radical (unpaired) electrons. The number of rotatable bonds is 2. The van der Waals surface area contributed by atoms with Crippen LogP contribution in [-0.4, -0.2) is 4.98 Å². The molecule has 2 aromatic heterocycles. The maximum Gasteiger partial charge on any atom is 0.166 e. The van der Waals surface area contributed by atoms with Crippen LogP contribution in [0.1, 0.15) is 30.2 Å². The highest BCUT2D eigenvalue weighted by Crippen LogP contribution is 2.40. The molecule has 0 N–H and O–H groups in total. The smallest absolute Gasteiger partial charge is 0.166 e. The number of thiophene rings is 1. The van der Waals surface area contributed by atoms with E-state index >= 15 is 0 Å². The highest BCUT2D eigenvalue weighted by Gasteiger charge is 2.20. The summed E-state index contributed by atoms with van der Waals surface area (Å²) in [5.74, 6) is -2.75. The molecule has 2 heterocycles. The van der Waals surface area contributed by atoms with Gasteiger partial charge in [0, 0.05) is 28.3 Å². The van der Waals surface area contributed by atoms with Gasteiger partial charge in [0.15, 0.2) is 11.6 Å². The zero-order valence-electron chi connectivity index (χ0n) is 12.4. The molecule has 1 aromatic carbocycles. The predicted octanol–water partition coefficient (Wildman–Crippen LogP) is 5.81. The van der Waals surface area contributed by atoms with Crippen molar-refractivity contribution in [3.8, 4) is 11.1 Å². The molecule has 3 aromatic rings. The molecule has 114 valence electrons. The molecule has 0 atom stereocenters. The Hall–Kier alpha value is -1.88. The van der Waals surface area contributed by atoms with Crippen LogP contribution >= 0.6 is 11.3 Å². The van der Waals surface area contributed by atoms with Gasteiger partial charge in [-0.3, -0.25) is 4.98 Å². The number of pyridine rings is 1. The number of halogens is 3. The molecular formula is C17H14F3NS. The van der Waals surface area contributed by atoms with Crippen LogP contribution in [0.15, 0.2) is 24.4 Å². The summed E-state index contributed by atoms with van der Waals surface area (Å²) in [5.41, 5.74) is 2.28. The van der Waals surface area contributed by atoms with E-state index < -0.39 is 17.5 Å². The Bertz CT molecular complexity index is 868. The van der Waals surface area contributed by atoms with E-state index in [4.69, 9.17) is 0 Å². The minimum absolute atomic E-state index is 0.0681. The van der Waals surface area contributed by atoms with Crippen LogP contribution in [0.3, 0.4) is 0 Å². The third-order valence-electron chi connectivity index (χ3n) is 3.65. The van der Waals surface area contributed by atoms with Crippen LogP contribution in [0, 0.1) is 24.4 Å². The van der Waals surface area contributed by atoms with Crippen molar-refractivity contribution in [2.75, 3.05) is 0 Å². The number of fused-ring (bicyclic) bond motifs is 1. The van der Waals surface area contributed by atoms with Crippen LogP contribution in [0.4, 0.5) is 13.2 Å². The van der Waals surface area contributed by atoms with Crippen molar-refractivity contribution in [2.24, 2.45) is 0 Å². The molecule has 3 rings (SSSR count). The zero-order chi connectivity index (χ0) is 16.0. The third kappa shape index (κ3) is 2.29. The first kappa shape index (κ1) is 15.0. The van der Waals surface area contributed by atoms with E-state index in [0.29, 0.717) is 11.6 Å². The molecule has 1 nitrogen and oxygen atoms in total. The van der Waals surface area contributed by atoms with E-state index in [1.54, 1.807) is 12.3 Å². The second-order valence-corrected chi connectivity index (χ2v) is 6.74. The van der Waals surface area contributed by atoms with Gasteiger partial charge in [0.2, 0.25) is 0 Å². The van der Waals surface area contributed by atoms with Crippen LogP contribution in [0.5, 0.6) is 0 Å². The van der Waals surface area contributed by atoms with Crippen molar-refractivity contribution in [1.82, 2.24) is 4.98 Å². The molecule has 0 unspecified atom stereocenters. The van der Waals surface area contributed by atoms with Gasteiger partial charge in [-0.2, -0.15) is 0 Å². The molecule has 0 aliphatic heterocycles. The summed E-state index contributed by atoms with van der Waals surface area (Å²) in [6.07, 6.45) is 1.55.